The van der Waals surface area contributed by atoms with E-state index in [1.54, 1.807) is 13.8 Å². The summed E-state index contributed by atoms with van der Waals surface area (Å²) < 4.78 is 0. The highest BCUT2D eigenvalue weighted by Gasteiger charge is 2.19. The average molecular weight is 278 g/mol. The van der Waals surface area contributed by atoms with Crippen molar-refractivity contribution in [1.29, 1.82) is 0 Å². The zero-order valence-corrected chi connectivity index (χ0v) is 12.9. The zero-order chi connectivity index (χ0) is 15.2. The highest BCUT2D eigenvalue weighted by atomic mass is 16.3. The van der Waals surface area contributed by atoms with Crippen LogP contribution in [0.3, 0.4) is 0 Å². The summed E-state index contributed by atoms with van der Waals surface area (Å²) in [6.45, 7) is 9.05. The summed E-state index contributed by atoms with van der Waals surface area (Å²) in [5.41, 5.74) is 1.21. The fourth-order valence-electron chi connectivity index (χ4n) is 2.17. The third kappa shape index (κ3) is 5.72. The van der Waals surface area contributed by atoms with E-state index < -0.39 is 5.60 Å². The fraction of sp³-hybridized carbons (Fsp3) is 0.562. The van der Waals surface area contributed by atoms with Gasteiger partial charge in [0.25, 0.3) is 0 Å². The van der Waals surface area contributed by atoms with Crippen molar-refractivity contribution in [2.45, 2.75) is 39.7 Å². The molecular formula is C16H26N2O2. The summed E-state index contributed by atoms with van der Waals surface area (Å²) in [4.78, 5) is 14.0. The molecule has 0 radical (unpaired) electrons. The molecule has 1 aromatic carbocycles. The normalized spacial score (nSPS) is 11.7. The first-order valence-electron chi connectivity index (χ1n) is 7.18. The number of para-hydroxylation sites is 1. The van der Waals surface area contributed by atoms with Crippen molar-refractivity contribution < 1.29 is 9.90 Å². The van der Waals surface area contributed by atoms with Crippen LogP contribution in [0.2, 0.25) is 0 Å². The number of aliphatic hydroxyl groups is 1. The molecule has 2 N–H and O–H groups in total. The Morgan fingerprint density at radius 3 is 2.50 bits per heavy atom. The van der Waals surface area contributed by atoms with Crippen LogP contribution in [0, 0.1) is 0 Å². The molecule has 0 atom stereocenters. The molecule has 112 valence electrons. The minimum atomic E-state index is -0.794. The quantitative estimate of drug-likeness (QED) is 0.804. The van der Waals surface area contributed by atoms with E-state index in [1.165, 1.54) is 0 Å². The molecule has 0 fully saturated rings. The first-order valence-corrected chi connectivity index (χ1v) is 7.18. The molecule has 0 aliphatic carbocycles. The van der Waals surface area contributed by atoms with Gasteiger partial charge in [0, 0.05) is 12.2 Å². The van der Waals surface area contributed by atoms with Crippen LogP contribution in [0.15, 0.2) is 24.3 Å². The van der Waals surface area contributed by atoms with Gasteiger partial charge in [-0.15, -0.1) is 0 Å². The number of hydrogen-bond acceptors (Lipinski definition) is 3. The minimum absolute atomic E-state index is 0.0444. The minimum Gasteiger partial charge on any atom is -0.389 e. The number of carbonyl (C=O) groups is 1. The Morgan fingerprint density at radius 2 is 1.95 bits per heavy atom. The van der Waals surface area contributed by atoms with Gasteiger partial charge >= 0.3 is 0 Å². The monoisotopic (exact) mass is 278 g/mol. The van der Waals surface area contributed by atoms with E-state index in [0.29, 0.717) is 13.1 Å². The molecule has 0 spiro atoms. The van der Waals surface area contributed by atoms with Crippen molar-refractivity contribution in [2.24, 2.45) is 0 Å². The Kier molecular flexibility index (Phi) is 6.17. The van der Waals surface area contributed by atoms with Gasteiger partial charge in [-0.05, 0) is 38.4 Å². The van der Waals surface area contributed by atoms with Crippen molar-refractivity contribution in [3.8, 4) is 0 Å². The first kappa shape index (κ1) is 16.7. The van der Waals surface area contributed by atoms with Crippen molar-refractivity contribution in [2.75, 3.05) is 25.0 Å². The number of rotatable bonds is 7. The Balaban J connectivity index is 2.62. The molecule has 0 aromatic heterocycles. The number of nitrogens with zero attached hydrogens (tertiary/aromatic N) is 1. The van der Waals surface area contributed by atoms with Crippen LogP contribution in [-0.4, -0.2) is 41.1 Å². The molecule has 0 unspecified atom stereocenters. The lowest BCUT2D eigenvalue weighted by Gasteiger charge is -2.27. The lowest BCUT2D eigenvalue weighted by atomic mass is 10.1. The highest BCUT2D eigenvalue weighted by molar-refractivity contribution is 5.93. The summed E-state index contributed by atoms with van der Waals surface area (Å²) in [5.74, 6) is -0.0444. The van der Waals surface area contributed by atoms with Gasteiger partial charge < -0.3 is 10.4 Å². The maximum atomic E-state index is 12.1. The third-order valence-corrected chi connectivity index (χ3v) is 3.10. The predicted octanol–water partition coefficient (Wildman–Crippen LogP) is 2.28. The largest absolute Gasteiger partial charge is 0.389 e. The second kappa shape index (κ2) is 7.41. The smallest absolute Gasteiger partial charge is 0.238 e. The van der Waals surface area contributed by atoms with Crippen molar-refractivity contribution >= 4 is 11.6 Å². The average Bonchev–Trinajstić information content (AvgIpc) is 2.36. The highest BCUT2D eigenvalue weighted by Crippen LogP contribution is 2.15. The number of anilines is 1. The van der Waals surface area contributed by atoms with E-state index >= 15 is 0 Å². The van der Waals surface area contributed by atoms with E-state index in [4.69, 9.17) is 0 Å². The molecule has 0 saturated carbocycles. The molecule has 4 nitrogen and oxygen atoms in total. The summed E-state index contributed by atoms with van der Waals surface area (Å²) in [6, 6.07) is 7.83. The molecular weight excluding hydrogens is 252 g/mol. The van der Waals surface area contributed by atoms with Crippen LogP contribution in [0.5, 0.6) is 0 Å². The molecule has 0 aliphatic rings. The van der Waals surface area contributed by atoms with Crippen molar-refractivity contribution in [3.63, 3.8) is 0 Å². The van der Waals surface area contributed by atoms with Gasteiger partial charge in [-0.3, -0.25) is 9.69 Å². The Hall–Kier alpha value is -1.39. The lowest BCUT2D eigenvalue weighted by Crippen LogP contribution is -2.42. The van der Waals surface area contributed by atoms with Crippen LogP contribution in [0.4, 0.5) is 5.69 Å². The molecule has 0 heterocycles. The van der Waals surface area contributed by atoms with Crippen LogP contribution in [0.25, 0.3) is 0 Å². The van der Waals surface area contributed by atoms with Crippen molar-refractivity contribution in [1.82, 2.24) is 4.90 Å². The van der Waals surface area contributed by atoms with Gasteiger partial charge in [-0.1, -0.05) is 32.0 Å². The fourth-order valence-corrected chi connectivity index (χ4v) is 2.17. The molecule has 0 saturated heterocycles. The molecule has 0 bridgehead atoms. The number of nitrogens with one attached hydrogen (secondary N) is 1. The summed E-state index contributed by atoms with van der Waals surface area (Å²) in [5, 5.41) is 12.8. The second-order valence-electron chi connectivity index (χ2n) is 5.67. The van der Waals surface area contributed by atoms with Crippen molar-refractivity contribution in [3.05, 3.63) is 29.8 Å². The topological polar surface area (TPSA) is 52.6 Å². The molecule has 0 aliphatic heterocycles. The third-order valence-electron chi connectivity index (χ3n) is 3.10. The van der Waals surface area contributed by atoms with Gasteiger partial charge in [0.15, 0.2) is 0 Å². The van der Waals surface area contributed by atoms with Crippen LogP contribution < -0.4 is 5.32 Å². The first-order chi connectivity index (χ1) is 9.35. The molecule has 1 aromatic rings. The Bertz CT molecular complexity index is 438. The summed E-state index contributed by atoms with van der Waals surface area (Å²) in [6.07, 6.45) is 0.887. The van der Waals surface area contributed by atoms with Gasteiger partial charge in [-0.2, -0.15) is 0 Å². The maximum absolute atomic E-state index is 12.1. The van der Waals surface area contributed by atoms with E-state index in [2.05, 4.69) is 12.2 Å². The van der Waals surface area contributed by atoms with Gasteiger partial charge in [0.1, 0.15) is 0 Å². The van der Waals surface area contributed by atoms with E-state index in [9.17, 15) is 9.90 Å². The number of benzene rings is 1. The molecule has 4 heteroatoms. The van der Waals surface area contributed by atoms with Gasteiger partial charge in [0.05, 0.1) is 12.1 Å². The molecule has 1 amide bonds. The van der Waals surface area contributed by atoms with Gasteiger partial charge in [-0.25, -0.2) is 0 Å². The summed E-state index contributed by atoms with van der Waals surface area (Å²) in [7, 11) is 0. The van der Waals surface area contributed by atoms with E-state index in [0.717, 1.165) is 24.2 Å². The number of likely N-dealkylation sites (N-methyl/N-ethyl adjacent to an activating group) is 1. The van der Waals surface area contributed by atoms with E-state index in [-0.39, 0.29) is 5.91 Å². The van der Waals surface area contributed by atoms with Crippen LogP contribution >= 0.6 is 0 Å². The summed E-state index contributed by atoms with van der Waals surface area (Å²) >= 11 is 0. The maximum Gasteiger partial charge on any atom is 0.238 e. The number of amides is 1. The molecule has 1 rings (SSSR count). The predicted molar refractivity (Wildman–Crippen MR) is 82.9 cm³/mol. The van der Waals surface area contributed by atoms with Gasteiger partial charge in [0.2, 0.25) is 5.91 Å². The van der Waals surface area contributed by atoms with Crippen LogP contribution in [0.1, 0.15) is 33.3 Å². The Labute approximate surface area is 121 Å². The SMILES string of the molecule is CCc1ccccc1NC(=O)CN(CC)CC(C)(C)O. The zero-order valence-electron chi connectivity index (χ0n) is 12.9. The van der Waals surface area contributed by atoms with E-state index in [1.807, 2.05) is 36.1 Å². The lowest BCUT2D eigenvalue weighted by molar-refractivity contribution is -0.117. The van der Waals surface area contributed by atoms with Crippen LogP contribution in [-0.2, 0) is 11.2 Å². The standard InChI is InChI=1S/C16H26N2O2/c1-5-13-9-7-8-10-14(13)17-15(19)11-18(6-2)12-16(3,4)20/h7-10,20H,5-6,11-12H2,1-4H3,(H,17,19). The number of aryl methyl sites for hydroxylation is 1. The Morgan fingerprint density at radius 1 is 1.30 bits per heavy atom. The molecule has 20 heavy (non-hydrogen) atoms. The number of hydrogen-bond donors (Lipinski definition) is 2. The second-order valence-corrected chi connectivity index (χ2v) is 5.67. The number of carbonyl (C=O) groups excluding carboxylic acids is 1.